The van der Waals surface area contributed by atoms with E-state index in [2.05, 4.69) is 10.6 Å². The number of carbonyl (C=O) groups excluding carboxylic acids is 4. The summed E-state index contributed by atoms with van der Waals surface area (Å²) in [7, 11) is 0. The molecule has 0 unspecified atom stereocenters. The van der Waals surface area contributed by atoms with E-state index in [1.807, 2.05) is 0 Å². The van der Waals surface area contributed by atoms with Gasteiger partial charge >= 0.3 is 0 Å². The van der Waals surface area contributed by atoms with Gasteiger partial charge in [0.2, 0.25) is 17.7 Å². The normalized spacial score (nSPS) is 16.0. The molecular weight excluding hydrogens is 360 g/mol. The van der Waals surface area contributed by atoms with Gasteiger partial charge in [-0.25, -0.2) is 8.78 Å². The summed E-state index contributed by atoms with van der Waals surface area (Å²) < 4.78 is 26.3. The molecule has 27 heavy (non-hydrogen) atoms. The second-order valence-corrected chi connectivity index (χ2v) is 6.46. The first-order chi connectivity index (χ1) is 12.7. The number of hydrogen-bond acceptors (Lipinski definition) is 4. The maximum atomic E-state index is 13.1. The molecule has 1 aliphatic heterocycles. The summed E-state index contributed by atoms with van der Waals surface area (Å²) in [6.07, 6.45) is 0.598. The molecule has 4 amide bonds. The summed E-state index contributed by atoms with van der Waals surface area (Å²) >= 11 is 0. The predicted molar refractivity (Wildman–Crippen MR) is 91.2 cm³/mol. The third-order valence-corrected chi connectivity index (χ3v) is 4.13. The zero-order valence-corrected chi connectivity index (χ0v) is 15.1. The van der Waals surface area contributed by atoms with E-state index in [1.165, 1.54) is 13.8 Å². The summed E-state index contributed by atoms with van der Waals surface area (Å²) in [5.41, 5.74) is 0.133. The Morgan fingerprint density at radius 2 is 1.70 bits per heavy atom. The molecule has 0 radical (unpaired) electrons. The zero-order valence-electron chi connectivity index (χ0n) is 15.1. The minimum atomic E-state index is -0.972. The number of nitrogens with one attached hydrogen (secondary N) is 2. The van der Waals surface area contributed by atoms with Gasteiger partial charge in [0.1, 0.15) is 23.7 Å². The number of imide groups is 1. The van der Waals surface area contributed by atoms with Crippen molar-refractivity contribution < 1.29 is 28.0 Å². The van der Waals surface area contributed by atoms with Crippen LogP contribution >= 0.6 is 0 Å². The van der Waals surface area contributed by atoms with Crippen LogP contribution in [0.2, 0.25) is 0 Å². The lowest BCUT2D eigenvalue weighted by Gasteiger charge is -2.21. The molecule has 1 saturated heterocycles. The van der Waals surface area contributed by atoms with Crippen LogP contribution < -0.4 is 10.6 Å². The molecule has 1 aliphatic rings. The van der Waals surface area contributed by atoms with Gasteiger partial charge < -0.3 is 10.6 Å². The van der Waals surface area contributed by atoms with Crippen LogP contribution in [0, 0.1) is 11.6 Å². The van der Waals surface area contributed by atoms with Crippen molar-refractivity contribution in [3.05, 3.63) is 35.4 Å². The predicted octanol–water partition coefficient (Wildman–Crippen LogP) is 0.666. The van der Waals surface area contributed by atoms with Gasteiger partial charge in [0.25, 0.3) is 5.91 Å². The Kier molecular flexibility index (Phi) is 6.59. The highest BCUT2D eigenvalue weighted by Gasteiger charge is 2.31. The topological polar surface area (TPSA) is 95.6 Å². The highest BCUT2D eigenvalue weighted by Crippen LogP contribution is 2.11. The molecule has 0 saturated carbocycles. The van der Waals surface area contributed by atoms with Gasteiger partial charge in [-0.2, -0.15) is 0 Å². The first-order valence-electron chi connectivity index (χ1n) is 8.56. The second kappa shape index (κ2) is 8.70. The number of likely N-dealkylation sites (tertiary alicyclic amines) is 1. The van der Waals surface area contributed by atoms with E-state index in [9.17, 15) is 28.0 Å². The molecule has 0 bridgehead atoms. The van der Waals surface area contributed by atoms with Crippen LogP contribution in [0.15, 0.2) is 18.2 Å². The number of amides is 4. The van der Waals surface area contributed by atoms with Crippen LogP contribution in [-0.4, -0.2) is 47.2 Å². The molecule has 146 valence electrons. The number of benzene rings is 1. The van der Waals surface area contributed by atoms with E-state index < -0.39 is 41.4 Å². The van der Waals surface area contributed by atoms with Crippen LogP contribution in [0.5, 0.6) is 0 Å². The number of halogens is 2. The Labute approximate surface area is 155 Å². The van der Waals surface area contributed by atoms with Crippen LogP contribution in [0.25, 0.3) is 0 Å². The molecule has 2 atom stereocenters. The monoisotopic (exact) mass is 381 g/mol. The summed E-state index contributed by atoms with van der Waals surface area (Å²) in [5, 5.41) is 4.85. The van der Waals surface area contributed by atoms with Crippen molar-refractivity contribution in [3.8, 4) is 0 Å². The van der Waals surface area contributed by atoms with Crippen molar-refractivity contribution in [1.82, 2.24) is 15.5 Å². The van der Waals surface area contributed by atoms with Crippen molar-refractivity contribution >= 4 is 23.6 Å². The third kappa shape index (κ3) is 5.57. The molecule has 0 spiro atoms. The molecular formula is C18H21F2N3O4. The van der Waals surface area contributed by atoms with E-state index in [0.29, 0.717) is 25.5 Å². The lowest BCUT2D eigenvalue weighted by molar-refractivity contribution is -0.144. The molecule has 7 nitrogen and oxygen atoms in total. The first kappa shape index (κ1) is 20.5. The maximum absolute atomic E-state index is 13.1. The van der Waals surface area contributed by atoms with Gasteiger partial charge in [0.05, 0.1) is 6.42 Å². The molecule has 1 aromatic carbocycles. The van der Waals surface area contributed by atoms with E-state index in [0.717, 1.165) is 17.0 Å². The number of carbonyl (C=O) groups is 4. The fourth-order valence-corrected chi connectivity index (χ4v) is 2.77. The van der Waals surface area contributed by atoms with E-state index in [-0.39, 0.29) is 17.9 Å². The van der Waals surface area contributed by atoms with Crippen molar-refractivity contribution in [2.75, 3.05) is 6.54 Å². The number of hydrogen-bond donors (Lipinski definition) is 2. The molecule has 2 rings (SSSR count). The minimum absolute atomic E-state index is 0.133. The molecule has 0 aromatic heterocycles. The average molecular weight is 381 g/mol. The number of nitrogens with zero attached hydrogens (tertiary/aromatic N) is 1. The van der Waals surface area contributed by atoms with E-state index in [1.54, 1.807) is 0 Å². The van der Waals surface area contributed by atoms with Gasteiger partial charge in [-0.3, -0.25) is 24.1 Å². The van der Waals surface area contributed by atoms with Crippen molar-refractivity contribution in [2.24, 2.45) is 0 Å². The summed E-state index contributed by atoms with van der Waals surface area (Å²) in [6, 6.07) is 0.861. The van der Waals surface area contributed by atoms with Crippen LogP contribution in [-0.2, 0) is 25.6 Å². The fourth-order valence-electron chi connectivity index (χ4n) is 2.77. The SMILES string of the molecule is C[C@H](NC(=O)Cc1cc(F)cc(F)c1)C(=O)N[C@@H](C)C(=O)N1CCCC1=O. The van der Waals surface area contributed by atoms with Gasteiger partial charge in [-0.1, -0.05) is 0 Å². The van der Waals surface area contributed by atoms with Crippen LogP contribution in [0.4, 0.5) is 8.78 Å². The summed E-state index contributed by atoms with van der Waals surface area (Å²) in [4.78, 5) is 49.0. The molecule has 1 aromatic rings. The molecule has 0 aliphatic carbocycles. The summed E-state index contributed by atoms with van der Waals surface area (Å²) in [6.45, 7) is 3.20. The molecule has 1 heterocycles. The molecule has 1 fully saturated rings. The van der Waals surface area contributed by atoms with Crippen LogP contribution in [0.3, 0.4) is 0 Å². The Bertz CT molecular complexity index is 749. The lowest BCUT2D eigenvalue weighted by atomic mass is 10.1. The fraction of sp³-hybridized carbons (Fsp3) is 0.444. The Morgan fingerprint density at radius 1 is 1.07 bits per heavy atom. The second-order valence-electron chi connectivity index (χ2n) is 6.46. The maximum Gasteiger partial charge on any atom is 0.251 e. The van der Waals surface area contributed by atoms with E-state index in [4.69, 9.17) is 0 Å². The van der Waals surface area contributed by atoms with Crippen LogP contribution in [0.1, 0.15) is 32.3 Å². The zero-order chi connectivity index (χ0) is 20.1. The smallest absolute Gasteiger partial charge is 0.251 e. The number of rotatable bonds is 6. The largest absolute Gasteiger partial charge is 0.344 e. The molecule has 9 heteroatoms. The first-order valence-corrected chi connectivity index (χ1v) is 8.56. The third-order valence-electron chi connectivity index (χ3n) is 4.13. The highest BCUT2D eigenvalue weighted by atomic mass is 19.1. The summed E-state index contributed by atoms with van der Waals surface area (Å²) in [5.74, 6) is -3.58. The van der Waals surface area contributed by atoms with Gasteiger partial charge in [-0.05, 0) is 38.0 Å². The van der Waals surface area contributed by atoms with Gasteiger partial charge in [0.15, 0.2) is 0 Å². The quantitative estimate of drug-likeness (QED) is 0.757. The van der Waals surface area contributed by atoms with Gasteiger partial charge in [-0.15, -0.1) is 0 Å². The highest BCUT2D eigenvalue weighted by molar-refractivity contribution is 6.00. The Hall–Kier alpha value is -2.84. The average Bonchev–Trinajstić information content (AvgIpc) is 2.98. The minimum Gasteiger partial charge on any atom is -0.344 e. The van der Waals surface area contributed by atoms with Gasteiger partial charge in [0, 0.05) is 19.0 Å². The van der Waals surface area contributed by atoms with E-state index >= 15 is 0 Å². The van der Waals surface area contributed by atoms with Crippen molar-refractivity contribution in [3.63, 3.8) is 0 Å². The lowest BCUT2D eigenvalue weighted by Crippen LogP contribution is -2.52. The Morgan fingerprint density at radius 3 is 2.26 bits per heavy atom. The van der Waals surface area contributed by atoms with Crippen molar-refractivity contribution in [1.29, 1.82) is 0 Å². The Balaban J connectivity index is 1.86. The van der Waals surface area contributed by atoms with Crippen molar-refractivity contribution in [2.45, 2.75) is 45.2 Å². The molecule has 2 N–H and O–H groups in total. The standard InChI is InChI=1S/C18H21F2N3O4/c1-10(21-15(24)8-12-6-13(19)9-14(20)7-12)17(26)22-11(2)18(27)23-5-3-4-16(23)25/h6-7,9-11H,3-5,8H2,1-2H3,(H,21,24)(H,22,26)/t10-,11-/m0/s1.